The van der Waals surface area contributed by atoms with Gasteiger partial charge in [0.1, 0.15) is 5.75 Å². The zero-order chi connectivity index (χ0) is 14.5. The zero-order valence-electron chi connectivity index (χ0n) is 12.6. The molecule has 1 amide bonds. The number of carbonyl (C=O) groups is 1. The summed E-state index contributed by atoms with van der Waals surface area (Å²) in [5.74, 6) is 1.11. The third kappa shape index (κ3) is 3.12. The number of carbonyl (C=O) groups excluding carboxylic acids is 1. The van der Waals surface area contributed by atoms with Crippen LogP contribution in [0, 0.1) is 0 Å². The fraction of sp³-hybridized carbons (Fsp3) is 0.562. The van der Waals surface area contributed by atoms with Crippen LogP contribution >= 0.6 is 0 Å². The number of likely N-dealkylation sites (N-methyl/N-ethyl adjacent to an activating group) is 1. The van der Waals surface area contributed by atoms with Crippen LogP contribution in [-0.4, -0.2) is 38.1 Å². The Bertz CT molecular complexity index is 474. The van der Waals surface area contributed by atoms with Gasteiger partial charge >= 0.3 is 0 Å². The quantitative estimate of drug-likeness (QED) is 0.896. The predicted octanol–water partition coefficient (Wildman–Crippen LogP) is 2.14. The van der Waals surface area contributed by atoms with Crippen molar-refractivity contribution in [2.45, 2.75) is 32.2 Å². The van der Waals surface area contributed by atoms with Crippen LogP contribution < -0.4 is 10.1 Å². The molecule has 1 aliphatic rings. The van der Waals surface area contributed by atoms with Crippen LogP contribution in [-0.2, 0) is 11.2 Å². The Labute approximate surface area is 121 Å². The Morgan fingerprint density at radius 3 is 3.00 bits per heavy atom. The monoisotopic (exact) mass is 276 g/mol. The van der Waals surface area contributed by atoms with Crippen molar-refractivity contribution in [3.63, 3.8) is 0 Å². The van der Waals surface area contributed by atoms with Gasteiger partial charge in [0, 0.05) is 19.6 Å². The first kappa shape index (κ1) is 14.9. The van der Waals surface area contributed by atoms with Gasteiger partial charge in [-0.2, -0.15) is 0 Å². The highest BCUT2D eigenvalue weighted by Crippen LogP contribution is 2.35. The normalized spacial score (nSPS) is 17.4. The maximum Gasteiger partial charge on any atom is 0.236 e. The third-order valence-corrected chi connectivity index (χ3v) is 4.08. The van der Waals surface area contributed by atoms with Crippen molar-refractivity contribution in [2.75, 3.05) is 27.2 Å². The summed E-state index contributed by atoms with van der Waals surface area (Å²) in [6.45, 7) is 3.12. The molecule has 20 heavy (non-hydrogen) atoms. The lowest BCUT2D eigenvalue weighted by molar-refractivity contribution is -0.128. The van der Waals surface area contributed by atoms with E-state index in [0.717, 1.165) is 31.6 Å². The number of rotatable bonds is 5. The van der Waals surface area contributed by atoms with Crippen LogP contribution in [0.15, 0.2) is 18.2 Å². The van der Waals surface area contributed by atoms with Crippen molar-refractivity contribution < 1.29 is 9.53 Å². The van der Waals surface area contributed by atoms with E-state index < -0.39 is 0 Å². The van der Waals surface area contributed by atoms with Gasteiger partial charge in [0.2, 0.25) is 5.91 Å². The molecule has 110 valence electrons. The van der Waals surface area contributed by atoms with E-state index in [1.165, 1.54) is 11.1 Å². The summed E-state index contributed by atoms with van der Waals surface area (Å²) < 4.78 is 5.44. The fourth-order valence-corrected chi connectivity index (χ4v) is 2.74. The van der Waals surface area contributed by atoms with E-state index in [9.17, 15) is 4.79 Å². The van der Waals surface area contributed by atoms with Crippen LogP contribution in [0.2, 0.25) is 0 Å². The van der Waals surface area contributed by atoms with Crippen molar-refractivity contribution in [1.82, 2.24) is 10.2 Å². The average molecular weight is 276 g/mol. The smallest absolute Gasteiger partial charge is 0.236 e. The fourth-order valence-electron chi connectivity index (χ4n) is 2.74. The van der Waals surface area contributed by atoms with Gasteiger partial charge in [-0.25, -0.2) is 0 Å². The van der Waals surface area contributed by atoms with Crippen LogP contribution in [0.3, 0.4) is 0 Å². The SMILES string of the molecule is CCN(C)C(=O)CNC1CCCc2c(OC)cccc21. The predicted molar refractivity (Wildman–Crippen MR) is 80.0 cm³/mol. The second-order valence-corrected chi connectivity index (χ2v) is 5.26. The Balaban J connectivity index is 2.07. The molecule has 0 bridgehead atoms. The molecule has 0 aliphatic heterocycles. The molecule has 0 radical (unpaired) electrons. The lowest BCUT2D eigenvalue weighted by Crippen LogP contribution is -2.37. The lowest BCUT2D eigenvalue weighted by atomic mass is 9.87. The number of ether oxygens (including phenoxy) is 1. The highest BCUT2D eigenvalue weighted by Gasteiger charge is 2.23. The van der Waals surface area contributed by atoms with Crippen molar-refractivity contribution in [1.29, 1.82) is 0 Å². The van der Waals surface area contributed by atoms with E-state index in [2.05, 4.69) is 11.4 Å². The first-order valence-electron chi connectivity index (χ1n) is 7.30. The number of nitrogens with zero attached hydrogens (tertiary/aromatic N) is 1. The number of hydrogen-bond donors (Lipinski definition) is 1. The minimum atomic E-state index is 0.141. The standard InChI is InChI=1S/C16H24N2O2/c1-4-18(2)16(19)11-17-14-9-5-8-13-12(14)7-6-10-15(13)20-3/h6-7,10,14,17H,4-5,8-9,11H2,1-3H3. The second kappa shape index (κ2) is 6.75. The van der Waals surface area contributed by atoms with Gasteiger partial charge < -0.3 is 15.0 Å². The molecule has 2 rings (SSSR count). The van der Waals surface area contributed by atoms with Gasteiger partial charge in [-0.1, -0.05) is 12.1 Å². The third-order valence-electron chi connectivity index (χ3n) is 4.08. The minimum absolute atomic E-state index is 0.141. The van der Waals surface area contributed by atoms with E-state index in [1.54, 1.807) is 12.0 Å². The molecule has 0 spiro atoms. The molecule has 0 aromatic heterocycles. The molecule has 0 saturated heterocycles. The summed E-state index contributed by atoms with van der Waals surface area (Å²) in [4.78, 5) is 13.6. The molecule has 0 fully saturated rings. The van der Waals surface area contributed by atoms with Crippen molar-refractivity contribution in [2.24, 2.45) is 0 Å². The van der Waals surface area contributed by atoms with E-state index in [-0.39, 0.29) is 11.9 Å². The summed E-state index contributed by atoms with van der Waals surface area (Å²) in [5, 5.41) is 3.40. The number of benzene rings is 1. The molecule has 0 heterocycles. The Kier molecular flexibility index (Phi) is 5.01. The summed E-state index contributed by atoms with van der Waals surface area (Å²) in [6, 6.07) is 6.43. The molecule has 1 aromatic rings. The Morgan fingerprint density at radius 2 is 2.30 bits per heavy atom. The van der Waals surface area contributed by atoms with E-state index in [1.807, 2.05) is 26.1 Å². The molecule has 1 N–H and O–H groups in total. The molecular formula is C16H24N2O2. The maximum atomic E-state index is 11.9. The highest BCUT2D eigenvalue weighted by molar-refractivity contribution is 5.78. The number of amides is 1. The Morgan fingerprint density at radius 1 is 1.50 bits per heavy atom. The summed E-state index contributed by atoms with van der Waals surface area (Å²) >= 11 is 0. The van der Waals surface area contributed by atoms with Gasteiger partial charge in [0.15, 0.2) is 0 Å². The van der Waals surface area contributed by atoms with E-state index >= 15 is 0 Å². The summed E-state index contributed by atoms with van der Waals surface area (Å²) in [6.07, 6.45) is 3.26. The minimum Gasteiger partial charge on any atom is -0.496 e. The van der Waals surface area contributed by atoms with E-state index in [0.29, 0.717) is 6.54 Å². The van der Waals surface area contributed by atoms with Gasteiger partial charge in [0.05, 0.1) is 13.7 Å². The molecule has 4 nitrogen and oxygen atoms in total. The van der Waals surface area contributed by atoms with Gasteiger partial charge in [-0.3, -0.25) is 4.79 Å². The van der Waals surface area contributed by atoms with Crippen molar-refractivity contribution >= 4 is 5.91 Å². The summed E-state index contributed by atoms with van der Waals surface area (Å²) in [7, 11) is 3.55. The number of fused-ring (bicyclic) bond motifs is 1. The van der Waals surface area contributed by atoms with E-state index in [4.69, 9.17) is 4.74 Å². The van der Waals surface area contributed by atoms with Gasteiger partial charge in [-0.05, 0) is 43.4 Å². The molecule has 4 heteroatoms. The van der Waals surface area contributed by atoms with Crippen LogP contribution in [0.4, 0.5) is 0 Å². The lowest BCUT2D eigenvalue weighted by Gasteiger charge is -2.28. The number of hydrogen-bond acceptors (Lipinski definition) is 3. The van der Waals surface area contributed by atoms with Crippen LogP contribution in [0.25, 0.3) is 0 Å². The van der Waals surface area contributed by atoms with Crippen LogP contribution in [0.1, 0.15) is 36.9 Å². The highest BCUT2D eigenvalue weighted by atomic mass is 16.5. The molecule has 1 aromatic carbocycles. The second-order valence-electron chi connectivity index (χ2n) is 5.26. The average Bonchev–Trinajstić information content (AvgIpc) is 2.50. The maximum absolute atomic E-state index is 11.9. The molecule has 1 aliphatic carbocycles. The topological polar surface area (TPSA) is 41.6 Å². The first-order valence-corrected chi connectivity index (χ1v) is 7.30. The van der Waals surface area contributed by atoms with Crippen LogP contribution in [0.5, 0.6) is 5.75 Å². The molecule has 0 saturated carbocycles. The van der Waals surface area contributed by atoms with Gasteiger partial charge in [0.25, 0.3) is 0 Å². The summed E-state index contributed by atoms with van der Waals surface area (Å²) in [5.41, 5.74) is 2.57. The van der Waals surface area contributed by atoms with Crippen molar-refractivity contribution in [3.05, 3.63) is 29.3 Å². The number of nitrogens with one attached hydrogen (secondary N) is 1. The molecular weight excluding hydrogens is 252 g/mol. The van der Waals surface area contributed by atoms with Crippen molar-refractivity contribution in [3.8, 4) is 5.75 Å². The zero-order valence-corrected chi connectivity index (χ0v) is 12.6. The molecule has 1 atom stereocenters. The molecule has 1 unspecified atom stereocenters. The number of methoxy groups -OCH3 is 1. The van der Waals surface area contributed by atoms with Gasteiger partial charge in [-0.15, -0.1) is 0 Å². The Hall–Kier alpha value is -1.55. The largest absolute Gasteiger partial charge is 0.496 e. The first-order chi connectivity index (χ1) is 9.67.